The van der Waals surface area contributed by atoms with Crippen molar-refractivity contribution in [1.29, 1.82) is 0 Å². The monoisotopic (exact) mass is 368 g/mol. The van der Waals surface area contributed by atoms with Gasteiger partial charge in [0, 0.05) is 5.56 Å². The summed E-state index contributed by atoms with van der Waals surface area (Å²) in [5, 5.41) is 0. The lowest BCUT2D eigenvalue weighted by Gasteiger charge is -2.15. The largest absolute Gasteiger partial charge is 1.00 e. The van der Waals surface area contributed by atoms with Crippen LogP contribution in [0.2, 0.25) is 0 Å². The van der Waals surface area contributed by atoms with Crippen molar-refractivity contribution < 1.29 is 40.6 Å². The van der Waals surface area contributed by atoms with Crippen molar-refractivity contribution in [2.24, 2.45) is 7.05 Å². The molecule has 22 heavy (non-hydrogen) atoms. The van der Waals surface area contributed by atoms with Crippen LogP contribution in [0.15, 0.2) is 49.1 Å². The number of nitrogens with zero attached hydrogens (tertiary/aromatic N) is 2. The third kappa shape index (κ3) is 4.70. The fourth-order valence-corrected chi connectivity index (χ4v) is 1.90. The molecule has 0 aliphatic carbocycles. The molecule has 0 radical (unpaired) electrons. The maximum atomic E-state index is 12.0. The van der Waals surface area contributed by atoms with E-state index in [-0.39, 0.29) is 23.5 Å². The number of carbonyl (C=O) groups excluding carboxylic acids is 2. The summed E-state index contributed by atoms with van der Waals surface area (Å²) in [6.45, 7) is 0.0289. The summed E-state index contributed by atoms with van der Waals surface area (Å²) < 4.78 is 13.4. The molecule has 6 nitrogen and oxygen atoms in total. The molecule has 0 bridgehead atoms. The summed E-state index contributed by atoms with van der Waals surface area (Å²) in [6, 6.07) is 8.78. The SMILES string of the molecule is COC(=O)[C@H](OC(=O)Cn1cc[n+](C)c1)c1ccccc1.[Br-]. The zero-order chi connectivity index (χ0) is 15.2. The minimum absolute atomic E-state index is 0. The molecule has 0 aliphatic rings. The van der Waals surface area contributed by atoms with E-state index in [2.05, 4.69) is 0 Å². The predicted octanol–water partition coefficient (Wildman–Crippen LogP) is -2.23. The first kappa shape index (κ1) is 17.9. The van der Waals surface area contributed by atoms with Crippen LogP contribution in [0, 0.1) is 0 Å². The van der Waals surface area contributed by atoms with Crippen LogP contribution in [0.25, 0.3) is 0 Å². The minimum Gasteiger partial charge on any atom is -1.00 e. The van der Waals surface area contributed by atoms with E-state index < -0.39 is 18.0 Å². The molecule has 1 aromatic heterocycles. The highest BCUT2D eigenvalue weighted by molar-refractivity contribution is 5.80. The molecule has 0 saturated heterocycles. The maximum absolute atomic E-state index is 12.0. The topological polar surface area (TPSA) is 61.4 Å². The third-order valence-electron chi connectivity index (χ3n) is 2.90. The molecule has 1 atom stereocenters. The highest BCUT2D eigenvalue weighted by atomic mass is 79.9. The van der Waals surface area contributed by atoms with Gasteiger partial charge in [-0.25, -0.2) is 18.7 Å². The zero-order valence-corrected chi connectivity index (χ0v) is 13.9. The van der Waals surface area contributed by atoms with Crippen LogP contribution in [-0.2, 0) is 32.7 Å². The third-order valence-corrected chi connectivity index (χ3v) is 2.90. The van der Waals surface area contributed by atoms with Crippen LogP contribution >= 0.6 is 0 Å². The lowest BCUT2D eigenvalue weighted by Crippen LogP contribution is -3.00. The Morgan fingerprint density at radius 1 is 1.27 bits per heavy atom. The number of hydrogen-bond donors (Lipinski definition) is 0. The average Bonchev–Trinajstić information content (AvgIpc) is 2.90. The van der Waals surface area contributed by atoms with E-state index in [1.54, 1.807) is 41.4 Å². The van der Waals surface area contributed by atoms with Crippen LogP contribution in [-0.4, -0.2) is 23.6 Å². The molecule has 0 unspecified atom stereocenters. The van der Waals surface area contributed by atoms with Gasteiger partial charge >= 0.3 is 11.9 Å². The van der Waals surface area contributed by atoms with Gasteiger partial charge in [0.15, 0.2) is 6.54 Å². The minimum atomic E-state index is -1.05. The van der Waals surface area contributed by atoms with Crippen molar-refractivity contribution >= 4 is 11.9 Å². The van der Waals surface area contributed by atoms with Crippen molar-refractivity contribution in [2.75, 3.05) is 7.11 Å². The van der Waals surface area contributed by atoms with Crippen molar-refractivity contribution in [3.8, 4) is 0 Å². The van der Waals surface area contributed by atoms with Crippen LogP contribution in [0.5, 0.6) is 0 Å². The fraction of sp³-hybridized carbons (Fsp3) is 0.267. The van der Waals surface area contributed by atoms with Crippen LogP contribution in [0.4, 0.5) is 0 Å². The lowest BCUT2D eigenvalue weighted by molar-refractivity contribution is -0.671. The Balaban J connectivity index is 0.00000242. The van der Waals surface area contributed by atoms with E-state index in [4.69, 9.17) is 9.47 Å². The number of methoxy groups -OCH3 is 1. The van der Waals surface area contributed by atoms with Crippen LogP contribution in [0.1, 0.15) is 11.7 Å². The normalized spacial score (nSPS) is 11.2. The Labute approximate surface area is 139 Å². The van der Waals surface area contributed by atoms with Gasteiger partial charge in [0.05, 0.1) is 14.2 Å². The first-order valence-electron chi connectivity index (χ1n) is 6.43. The average molecular weight is 369 g/mol. The number of aryl methyl sites for hydroxylation is 1. The highest BCUT2D eigenvalue weighted by Crippen LogP contribution is 2.19. The van der Waals surface area contributed by atoms with Gasteiger partial charge in [-0.2, -0.15) is 0 Å². The highest BCUT2D eigenvalue weighted by Gasteiger charge is 2.26. The van der Waals surface area contributed by atoms with Gasteiger partial charge in [0.25, 0.3) is 0 Å². The molecule has 1 heterocycles. The molecule has 0 aliphatic heterocycles. The predicted molar refractivity (Wildman–Crippen MR) is 72.9 cm³/mol. The van der Waals surface area contributed by atoms with E-state index in [9.17, 15) is 9.59 Å². The van der Waals surface area contributed by atoms with Crippen molar-refractivity contribution in [2.45, 2.75) is 12.6 Å². The Kier molecular flexibility index (Phi) is 6.78. The van der Waals surface area contributed by atoms with Crippen molar-refractivity contribution in [3.63, 3.8) is 0 Å². The molecule has 0 spiro atoms. The number of ether oxygens (including phenoxy) is 2. The number of hydrogen-bond acceptors (Lipinski definition) is 4. The fourth-order valence-electron chi connectivity index (χ4n) is 1.90. The van der Waals surface area contributed by atoms with E-state index in [0.717, 1.165) is 0 Å². The van der Waals surface area contributed by atoms with E-state index in [1.165, 1.54) is 7.11 Å². The second-order valence-electron chi connectivity index (χ2n) is 4.56. The smallest absolute Gasteiger partial charge is 0.351 e. The van der Waals surface area contributed by atoms with E-state index in [0.29, 0.717) is 5.56 Å². The van der Waals surface area contributed by atoms with Gasteiger partial charge in [-0.3, -0.25) is 0 Å². The molecule has 0 saturated carbocycles. The second kappa shape index (κ2) is 8.33. The van der Waals surface area contributed by atoms with Gasteiger partial charge in [-0.15, -0.1) is 0 Å². The first-order valence-corrected chi connectivity index (χ1v) is 6.43. The molecule has 0 fully saturated rings. The number of esters is 2. The molecule has 118 valence electrons. The van der Waals surface area contributed by atoms with E-state index in [1.807, 2.05) is 23.9 Å². The molecule has 0 amide bonds. The quantitative estimate of drug-likeness (QED) is 0.443. The summed E-state index contributed by atoms with van der Waals surface area (Å²) >= 11 is 0. The Hall–Kier alpha value is -2.15. The number of carbonyl (C=O) groups is 2. The van der Waals surface area contributed by atoms with Gasteiger partial charge in [-0.1, -0.05) is 30.3 Å². The number of benzene rings is 1. The first-order chi connectivity index (χ1) is 10.1. The summed E-state index contributed by atoms with van der Waals surface area (Å²) in [6.07, 6.45) is 4.25. The zero-order valence-electron chi connectivity index (χ0n) is 12.3. The molecule has 7 heteroatoms. The number of rotatable bonds is 5. The van der Waals surface area contributed by atoms with Gasteiger partial charge in [-0.05, 0) is 0 Å². The Bertz CT molecular complexity index is 627. The standard InChI is InChI=1S/C15H17N2O4.BrH/c1-16-8-9-17(11-16)10-13(18)21-14(15(19)20-2)12-6-4-3-5-7-12;/h3-9,11,14H,10H2,1-2H3;1H/q+1;/p-1/t14-;/m1./s1. The summed E-state index contributed by atoms with van der Waals surface area (Å²) in [4.78, 5) is 23.8. The molecule has 0 N–H and O–H groups in total. The van der Waals surface area contributed by atoms with Crippen molar-refractivity contribution in [3.05, 3.63) is 54.6 Å². The van der Waals surface area contributed by atoms with Crippen molar-refractivity contribution in [1.82, 2.24) is 4.57 Å². The van der Waals surface area contributed by atoms with Crippen LogP contribution < -0.4 is 21.5 Å². The second-order valence-corrected chi connectivity index (χ2v) is 4.56. The van der Waals surface area contributed by atoms with Gasteiger partial charge in [0.2, 0.25) is 12.4 Å². The summed E-state index contributed by atoms with van der Waals surface area (Å²) in [7, 11) is 3.11. The molecule has 2 aromatic rings. The Morgan fingerprint density at radius 3 is 2.50 bits per heavy atom. The Morgan fingerprint density at radius 2 is 1.95 bits per heavy atom. The molecule has 1 aromatic carbocycles. The van der Waals surface area contributed by atoms with Gasteiger partial charge < -0.3 is 26.5 Å². The molecule has 2 rings (SSSR count). The molecular formula is C15H17BrN2O4. The molecular weight excluding hydrogens is 352 g/mol. The van der Waals surface area contributed by atoms with Crippen LogP contribution in [0.3, 0.4) is 0 Å². The number of aromatic nitrogens is 2. The van der Waals surface area contributed by atoms with Gasteiger partial charge in [0.1, 0.15) is 12.4 Å². The number of imidazole rings is 1. The maximum Gasteiger partial charge on any atom is 0.351 e. The lowest BCUT2D eigenvalue weighted by atomic mass is 10.1. The number of halogens is 1. The van der Waals surface area contributed by atoms with E-state index >= 15 is 0 Å². The summed E-state index contributed by atoms with van der Waals surface area (Å²) in [5.74, 6) is -1.11. The summed E-state index contributed by atoms with van der Waals surface area (Å²) in [5.41, 5.74) is 0.579.